The topological polar surface area (TPSA) is 75.1 Å². The van der Waals surface area contributed by atoms with Gasteiger partial charge in [-0.3, -0.25) is 4.99 Å². The first-order valence-electron chi connectivity index (χ1n) is 7.62. The predicted octanol–water partition coefficient (Wildman–Crippen LogP) is 1.45. The molecule has 1 aromatic rings. The van der Waals surface area contributed by atoms with Crippen molar-refractivity contribution in [2.24, 2.45) is 4.99 Å². The fraction of sp³-hybridized carbons (Fsp3) is 0.562. The molecular formula is C16H25N3O3. The molecule has 6 heteroatoms. The maximum atomic E-state index is 10.4. The lowest BCUT2D eigenvalue weighted by atomic mass is 10.1. The standard InChI is InChI=1S/C16H25N3O3/c1-4-17-16(19-11-5-6-11)18-10-14(20)13-9-12(21-2)7-8-15(13)22-3/h7-9,11,14,20H,4-6,10H2,1-3H3,(H2,17,18,19). The van der Waals surface area contributed by atoms with E-state index in [1.54, 1.807) is 32.4 Å². The largest absolute Gasteiger partial charge is 0.497 e. The average molecular weight is 307 g/mol. The van der Waals surface area contributed by atoms with Crippen molar-refractivity contribution >= 4 is 5.96 Å². The third kappa shape index (κ3) is 4.53. The van der Waals surface area contributed by atoms with Crippen molar-refractivity contribution < 1.29 is 14.6 Å². The van der Waals surface area contributed by atoms with E-state index in [1.807, 2.05) is 6.92 Å². The first-order valence-corrected chi connectivity index (χ1v) is 7.62. The van der Waals surface area contributed by atoms with Crippen molar-refractivity contribution in [1.82, 2.24) is 10.6 Å². The Morgan fingerprint density at radius 2 is 2.14 bits per heavy atom. The summed E-state index contributed by atoms with van der Waals surface area (Å²) >= 11 is 0. The number of aliphatic hydroxyl groups is 1. The summed E-state index contributed by atoms with van der Waals surface area (Å²) < 4.78 is 10.5. The number of hydrogen-bond acceptors (Lipinski definition) is 4. The van der Waals surface area contributed by atoms with Crippen LogP contribution in [0.2, 0.25) is 0 Å². The third-order valence-electron chi connectivity index (χ3n) is 3.48. The highest BCUT2D eigenvalue weighted by molar-refractivity contribution is 5.80. The molecule has 0 aliphatic heterocycles. The normalized spacial score (nSPS) is 16.1. The summed E-state index contributed by atoms with van der Waals surface area (Å²) in [6.07, 6.45) is 1.60. The number of aliphatic imine (C=N–C) groups is 1. The van der Waals surface area contributed by atoms with Gasteiger partial charge in [0.1, 0.15) is 17.6 Å². The minimum atomic E-state index is -0.750. The molecule has 1 atom stereocenters. The number of rotatable bonds is 7. The van der Waals surface area contributed by atoms with Gasteiger partial charge in [-0.25, -0.2) is 0 Å². The molecule has 22 heavy (non-hydrogen) atoms. The SMILES string of the molecule is CCNC(=NCC(O)c1cc(OC)ccc1OC)NC1CC1. The second kappa shape index (κ2) is 7.89. The van der Waals surface area contributed by atoms with E-state index < -0.39 is 6.10 Å². The van der Waals surface area contributed by atoms with Crippen LogP contribution in [0.15, 0.2) is 23.2 Å². The van der Waals surface area contributed by atoms with Crippen LogP contribution in [-0.4, -0.2) is 44.4 Å². The van der Waals surface area contributed by atoms with Gasteiger partial charge in [0.05, 0.1) is 20.8 Å². The zero-order valence-electron chi connectivity index (χ0n) is 13.4. The zero-order chi connectivity index (χ0) is 15.9. The summed E-state index contributed by atoms with van der Waals surface area (Å²) in [5.41, 5.74) is 0.674. The highest BCUT2D eigenvalue weighted by Crippen LogP contribution is 2.29. The lowest BCUT2D eigenvalue weighted by molar-refractivity contribution is 0.182. The van der Waals surface area contributed by atoms with Crippen LogP contribution in [0.1, 0.15) is 31.4 Å². The fourth-order valence-electron chi connectivity index (χ4n) is 2.12. The number of ether oxygens (including phenoxy) is 2. The van der Waals surface area contributed by atoms with Gasteiger partial charge in [-0.15, -0.1) is 0 Å². The van der Waals surface area contributed by atoms with E-state index in [9.17, 15) is 5.11 Å². The number of aliphatic hydroxyl groups excluding tert-OH is 1. The molecule has 122 valence electrons. The molecule has 3 N–H and O–H groups in total. The van der Waals surface area contributed by atoms with E-state index in [0.717, 1.165) is 12.5 Å². The molecule has 0 spiro atoms. The smallest absolute Gasteiger partial charge is 0.191 e. The second-order valence-corrected chi connectivity index (χ2v) is 5.26. The number of nitrogens with one attached hydrogen (secondary N) is 2. The Labute approximate surface area is 131 Å². The summed E-state index contributed by atoms with van der Waals surface area (Å²) in [7, 11) is 3.18. The van der Waals surface area contributed by atoms with Gasteiger partial charge in [-0.2, -0.15) is 0 Å². The van der Waals surface area contributed by atoms with E-state index >= 15 is 0 Å². The van der Waals surface area contributed by atoms with Gasteiger partial charge in [0.2, 0.25) is 0 Å². The van der Waals surface area contributed by atoms with Crippen LogP contribution >= 0.6 is 0 Å². The van der Waals surface area contributed by atoms with Gasteiger partial charge in [0, 0.05) is 18.2 Å². The van der Waals surface area contributed by atoms with Crippen LogP contribution in [0.3, 0.4) is 0 Å². The minimum absolute atomic E-state index is 0.256. The van der Waals surface area contributed by atoms with Crippen LogP contribution < -0.4 is 20.1 Å². The first-order chi connectivity index (χ1) is 10.7. The van der Waals surface area contributed by atoms with Gasteiger partial charge in [0.15, 0.2) is 5.96 Å². The number of hydrogen-bond donors (Lipinski definition) is 3. The molecule has 0 saturated heterocycles. The number of methoxy groups -OCH3 is 2. The average Bonchev–Trinajstić information content (AvgIpc) is 3.35. The van der Waals surface area contributed by atoms with Gasteiger partial charge >= 0.3 is 0 Å². The van der Waals surface area contributed by atoms with E-state index in [-0.39, 0.29) is 6.54 Å². The van der Waals surface area contributed by atoms with Crippen LogP contribution in [0.25, 0.3) is 0 Å². The summed E-state index contributed by atoms with van der Waals surface area (Å²) in [5, 5.41) is 16.9. The molecule has 0 bridgehead atoms. The Bertz CT molecular complexity index is 515. The van der Waals surface area contributed by atoms with Crippen molar-refractivity contribution in [1.29, 1.82) is 0 Å². The van der Waals surface area contributed by atoms with Gasteiger partial charge < -0.3 is 25.2 Å². The molecule has 1 fully saturated rings. The summed E-state index contributed by atoms with van der Waals surface area (Å²) in [4.78, 5) is 4.45. The highest BCUT2D eigenvalue weighted by atomic mass is 16.5. The monoisotopic (exact) mass is 307 g/mol. The molecule has 0 radical (unpaired) electrons. The van der Waals surface area contributed by atoms with Crippen molar-refractivity contribution in [3.8, 4) is 11.5 Å². The molecule has 6 nitrogen and oxygen atoms in total. The first kappa shape index (κ1) is 16.4. The number of benzene rings is 1. The fourth-order valence-corrected chi connectivity index (χ4v) is 2.12. The molecule has 1 saturated carbocycles. The molecule has 0 aromatic heterocycles. The van der Waals surface area contributed by atoms with Crippen LogP contribution in [0, 0.1) is 0 Å². The van der Waals surface area contributed by atoms with E-state index in [4.69, 9.17) is 9.47 Å². The summed E-state index contributed by atoms with van der Waals surface area (Å²) in [6.45, 7) is 3.06. The Hall–Kier alpha value is -1.95. The highest BCUT2D eigenvalue weighted by Gasteiger charge is 2.22. The van der Waals surface area contributed by atoms with Crippen LogP contribution in [-0.2, 0) is 0 Å². The molecule has 0 heterocycles. The quantitative estimate of drug-likeness (QED) is 0.525. The Kier molecular flexibility index (Phi) is 5.89. The molecule has 0 amide bonds. The number of guanidine groups is 1. The van der Waals surface area contributed by atoms with Crippen molar-refractivity contribution in [3.63, 3.8) is 0 Å². The van der Waals surface area contributed by atoms with E-state index in [1.165, 1.54) is 12.8 Å². The maximum Gasteiger partial charge on any atom is 0.191 e. The maximum absolute atomic E-state index is 10.4. The molecule has 1 unspecified atom stereocenters. The summed E-state index contributed by atoms with van der Waals surface area (Å²) in [5.74, 6) is 2.05. The molecule has 1 aliphatic rings. The van der Waals surface area contributed by atoms with Crippen molar-refractivity contribution in [3.05, 3.63) is 23.8 Å². The van der Waals surface area contributed by atoms with Crippen LogP contribution in [0.5, 0.6) is 11.5 Å². The van der Waals surface area contributed by atoms with Crippen molar-refractivity contribution in [2.75, 3.05) is 27.3 Å². The summed E-state index contributed by atoms with van der Waals surface area (Å²) in [6, 6.07) is 5.88. The van der Waals surface area contributed by atoms with Gasteiger partial charge in [0.25, 0.3) is 0 Å². The molecule has 2 rings (SSSR count). The van der Waals surface area contributed by atoms with E-state index in [0.29, 0.717) is 23.1 Å². The van der Waals surface area contributed by atoms with Gasteiger partial charge in [-0.1, -0.05) is 0 Å². The Morgan fingerprint density at radius 1 is 1.36 bits per heavy atom. The number of nitrogens with zero attached hydrogens (tertiary/aromatic N) is 1. The zero-order valence-corrected chi connectivity index (χ0v) is 13.4. The minimum Gasteiger partial charge on any atom is -0.497 e. The lowest BCUT2D eigenvalue weighted by Gasteiger charge is -2.16. The van der Waals surface area contributed by atoms with Gasteiger partial charge in [-0.05, 0) is 38.0 Å². The van der Waals surface area contributed by atoms with E-state index in [2.05, 4.69) is 15.6 Å². The predicted molar refractivity (Wildman–Crippen MR) is 86.6 cm³/mol. The molecule has 1 aliphatic carbocycles. The molecule has 1 aromatic carbocycles. The Balaban J connectivity index is 2.07. The lowest BCUT2D eigenvalue weighted by Crippen LogP contribution is -2.38. The second-order valence-electron chi connectivity index (χ2n) is 5.26. The molecular weight excluding hydrogens is 282 g/mol. The van der Waals surface area contributed by atoms with Crippen LogP contribution in [0.4, 0.5) is 0 Å². The third-order valence-corrected chi connectivity index (χ3v) is 3.48. The van der Waals surface area contributed by atoms with Crippen molar-refractivity contribution in [2.45, 2.75) is 31.9 Å². The Morgan fingerprint density at radius 3 is 2.73 bits per heavy atom.